The van der Waals surface area contributed by atoms with Crippen molar-refractivity contribution in [2.75, 3.05) is 11.9 Å². The average molecular weight is 354 g/mol. The van der Waals surface area contributed by atoms with Crippen LogP contribution in [0.5, 0.6) is 0 Å². The Morgan fingerprint density at radius 1 is 1.20 bits per heavy atom. The van der Waals surface area contributed by atoms with Crippen LogP contribution in [0.1, 0.15) is 11.3 Å². The Balaban J connectivity index is 1.77. The molecule has 1 aromatic heterocycles. The highest BCUT2D eigenvalue weighted by Gasteiger charge is 2.30. The van der Waals surface area contributed by atoms with E-state index in [1.165, 1.54) is 18.5 Å². The topological polar surface area (TPSA) is 95.7 Å². The fourth-order valence-corrected chi connectivity index (χ4v) is 1.68. The van der Waals surface area contributed by atoms with Crippen LogP contribution in [0.4, 0.5) is 23.7 Å². The standard InChI is InChI=1S/C15H13F3N4O3/c16-15(17,18)10-3-1-4-11(7-10)21-14(24)19-9-13(23)22-20-8-12-5-2-6-25-12/h1-8H,9H2,(H,22,23)(H2,19,21,24)/b20-8-. The first-order chi connectivity index (χ1) is 11.8. The monoisotopic (exact) mass is 354 g/mol. The van der Waals surface area contributed by atoms with E-state index >= 15 is 0 Å². The molecule has 0 bridgehead atoms. The van der Waals surface area contributed by atoms with Gasteiger partial charge in [0, 0.05) is 5.69 Å². The zero-order chi connectivity index (χ0) is 18.3. The summed E-state index contributed by atoms with van der Waals surface area (Å²) in [5.41, 5.74) is 1.20. The molecule has 0 saturated carbocycles. The van der Waals surface area contributed by atoms with E-state index in [9.17, 15) is 22.8 Å². The minimum Gasteiger partial charge on any atom is -0.463 e. The Hall–Kier alpha value is -3.30. The Kier molecular flexibility index (Phi) is 5.77. The molecule has 0 atom stereocenters. The summed E-state index contributed by atoms with van der Waals surface area (Å²) < 4.78 is 42.7. The molecule has 0 aliphatic heterocycles. The number of carbonyl (C=O) groups is 2. The van der Waals surface area contributed by atoms with Gasteiger partial charge in [0.15, 0.2) is 0 Å². The van der Waals surface area contributed by atoms with E-state index in [-0.39, 0.29) is 5.69 Å². The maximum absolute atomic E-state index is 12.6. The van der Waals surface area contributed by atoms with Gasteiger partial charge in [-0.15, -0.1) is 0 Å². The summed E-state index contributed by atoms with van der Waals surface area (Å²) in [6, 6.07) is 6.56. The molecule has 3 amide bonds. The van der Waals surface area contributed by atoms with E-state index in [0.29, 0.717) is 5.76 Å². The second-order valence-electron chi connectivity index (χ2n) is 4.69. The predicted octanol–water partition coefficient (Wildman–Crippen LogP) is 2.57. The molecule has 0 fully saturated rings. The molecule has 1 heterocycles. The number of nitrogens with one attached hydrogen (secondary N) is 3. The van der Waals surface area contributed by atoms with Crippen molar-refractivity contribution in [1.29, 1.82) is 0 Å². The molecule has 0 unspecified atom stereocenters. The van der Waals surface area contributed by atoms with E-state index in [1.54, 1.807) is 12.1 Å². The number of alkyl halides is 3. The number of hydrogen-bond donors (Lipinski definition) is 3. The minimum absolute atomic E-state index is 0.0522. The Morgan fingerprint density at radius 3 is 2.68 bits per heavy atom. The number of rotatable bonds is 5. The molecule has 132 valence electrons. The molecule has 25 heavy (non-hydrogen) atoms. The van der Waals surface area contributed by atoms with Crippen molar-refractivity contribution in [2.24, 2.45) is 5.10 Å². The summed E-state index contributed by atoms with van der Waals surface area (Å²) >= 11 is 0. The fourth-order valence-electron chi connectivity index (χ4n) is 1.68. The lowest BCUT2D eigenvalue weighted by Crippen LogP contribution is -2.37. The van der Waals surface area contributed by atoms with Gasteiger partial charge in [0.05, 0.1) is 18.0 Å². The van der Waals surface area contributed by atoms with Gasteiger partial charge in [-0.3, -0.25) is 4.79 Å². The van der Waals surface area contributed by atoms with Crippen LogP contribution in [0.15, 0.2) is 52.2 Å². The van der Waals surface area contributed by atoms with Gasteiger partial charge < -0.3 is 15.1 Å². The third kappa shape index (κ3) is 6.01. The quantitative estimate of drug-likeness (QED) is 0.569. The molecule has 3 N–H and O–H groups in total. The highest BCUT2D eigenvalue weighted by molar-refractivity contribution is 5.92. The zero-order valence-corrected chi connectivity index (χ0v) is 12.6. The number of carbonyl (C=O) groups excluding carboxylic acids is 2. The summed E-state index contributed by atoms with van der Waals surface area (Å²) in [5, 5.41) is 8.00. The molecule has 0 radical (unpaired) electrons. The van der Waals surface area contributed by atoms with Gasteiger partial charge in [-0.1, -0.05) is 6.07 Å². The number of amides is 3. The van der Waals surface area contributed by atoms with Crippen molar-refractivity contribution >= 4 is 23.8 Å². The predicted molar refractivity (Wildman–Crippen MR) is 82.9 cm³/mol. The highest BCUT2D eigenvalue weighted by Crippen LogP contribution is 2.30. The first-order valence-corrected chi connectivity index (χ1v) is 6.92. The number of anilines is 1. The number of furan rings is 1. The van der Waals surface area contributed by atoms with Gasteiger partial charge in [-0.25, -0.2) is 10.2 Å². The van der Waals surface area contributed by atoms with Gasteiger partial charge in [-0.2, -0.15) is 18.3 Å². The van der Waals surface area contributed by atoms with Gasteiger partial charge in [0.2, 0.25) is 0 Å². The maximum atomic E-state index is 12.6. The van der Waals surface area contributed by atoms with Gasteiger partial charge in [0.25, 0.3) is 5.91 Å². The second kappa shape index (κ2) is 7.99. The van der Waals surface area contributed by atoms with E-state index in [0.717, 1.165) is 18.2 Å². The van der Waals surface area contributed by atoms with Gasteiger partial charge >= 0.3 is 12.2 Å². The van der Waals surface area contributed by atoms with Crippen LogP contribution in [0.3, 0.4) is 0 Å². The molecule has 0 aliphatic carbocycles. The smallest absolute Gasteiger partial charge is 0.416 e. The number of halogens is 3. The molecule has 2 rings (SSSR count). The van der Waals surface area contributed by atoms with Crippen LogP contribution < -0.4 is 16.1 Å². The van der Waals surface area contributed by atoms with Crippen LogP contribution in [-0.2, 0) is 11.0 Å². The Bertz CT molecular complexity index is 758. The van der Waals surface area contributed by atoms with Gasteiger partial charge in [-0.05, 0) is 30.3 Å². The van der Waals surface area contributed by atoms with Crippen molar-refractivity contribution in [3.8, 4) is 0 Å². The maximum Gasteiger partial charge on any atom is 0.416 e. The lowest BCUT2D eigenvalue weighted by molar-refractivity contribution is -0.137. The van der Waals surface area contributed by atoms with E-state index < -0.39 is 30.2 Å². The normalized spacial score (nSPS) is 11.3. The van der Waals surface area contributed by atoms with Crippen LogP contribution in [0, 0.1) is 0 Å². The lowest BCUT2D eigenvalue weighted by atomic mass is 10.2. The zero-order valence-electron chi connectivity index (χ0n) is 12.6. The largest absolute Gasteiger partial charge is 0.463 e. The van der Waals surface area contributed by atoms with Crippen LogP contribution in [0.2, 0.25) is 0 Å². The fraction of sp³-hybridized carbons (Fsp3) is 0.133. The van der Waals surface area contributed by atoms with Crippen LogP contribution >= 0.6 is 0 Å². The molecular formula is C15H13F3N4O3. The Labute approximate surface area is 139 Å². The highest BCUT2D eigenvalue weighted by atomic mass is 19.4. The summed E-state index contributed by atoms with van der Waals surface area (Å²) in [5.74, 6) is -0.197. The molecule has 1 aromatic carbocycles. The SMILES string of the molecule is O=C(CNC(=O)Nc1cccc(C(F)(F)F)c1)N/N=C\c1ccco1. The lowest BCUT2D eigenvalue weighted by Gasteiger charge is -2.10. The number of hydrogen-bond acceptors (Lipinski definition) is 4. The Morgan fingerprint density at radius 2 is 2.00 bits per heavy atom. The summed E-state index contributed by atoms with van der Waals surface area (Å²) in [6.07, 6.45) is -1.82. The first-order valence-electron chi connectivity index (χ1n) is 6.92. The molecule has 2 aromatic rings. The molecule has 7 nitrogen and oxygen atoms in total. The van der Waals surface area contributed by atoms with Crippen molar-refractivity contribution < 1.29 is 27.2 Å². The van der Waals surface area contributed by atoms with Crippen molar-refractivity contribution in [3.05, 3.63) is 54.0 Å². The third-order valence-electron chi connectivity index (χ3n) is 2.78. The number of nitrogens with zero attached hydrogens (tertiary/aromatic N) is 1. The molecular weight excluding hydrogens is 341 g/mol. The van der Waals surface area contributed by atoms with Crippen LogP contribution in [-0.4, -0.2) is 24.7 Å². The van der Waals surface area contributed by atoms with Crippen molar-refractivity contribution in [3.63, 3.8) is 0 Å². The van der Waals surface area contributed by atoms with Crippen molar-refractivity contribution in [1.82, 2.24) is 10.7 Å². The second-order valence-corrected chi connectivity index (χ2v) is 4.69. The third-order valence-corrected chi connectivity index (χ3v) is 2.78. The first kappa shape index (κ1) is 18.0. The van der Waals surface area contributed by atoms with Crippen molar-refractivity contribution in [2.45, 2.75) is 6.18 Å². The van der Waals surface area contributed by atoms with E-state index in [2.05, 4.69) is 21.2 Å². The molecule has 10 heteroatoms. The summed E-state index contributed by atoms with van der Waals surface area (Å²) in [6.45, 7) is -0.416. The van der Waals surface area contributed by atoms with Crippen LogP contribution in [0.25, 0.3) is 0 Å². The minimum atomic E-state index is -4.51. The van der Waals surface area contributed by atoms with E-state index in [4.69, 9.17) is 4.42 Å². The van der Waals surface area contributed by atoms with Gasteiger partial charge in [0.1, 0.15) is 12.3 Å². The molecule has 0 saturated heterocycles. The number of benzene rings is 1. The number of hydrazone groups is 1. The number of urea groups is 1. The summed E-state index contributed by atoms with van der Waals surface area (Å²) in [7, 11) is 0. The summed E-state index contributed by atoms with van der Waals surface area (Å²) in [4.78, 5) is 23.1. The molecule has 0 spiro atoms. The average Bonchev–Trinajstić information content (AvgIpc) is 3.06. The molecule has 0 aliphatic rings. The van der Waals surface area contributed by atoms with E-state index in [1.807, 2.05) is 0 Å².